The molecule has 1 aliphatic rings. The highest BCUT2D eigenvalue weighted by Crippen LogP contribution is 2.18. The van der Waals surface area contributed by atoms with Gasteiger partial charge in [-0.05, 0) is 26.0 Å². The molecule has 1 aromatic rings. The summed E-state index contributed by atoms with van der Waals surface area (Å²) in [7, 11) is 0. The molecule has 2 N–H and O–H groups in total. The molecular weight excluding hydrogens is 344 g/mol. The molecule has 7 nitrogen and oxygen atoms in total. The molecule has 1 fully saturated rings. The second-order valence-corrected chi connectivity index (χ2v) is 6.24. The maximum Gasteiger partial charge on any atom is 0.321 e. The topological polar surface area (TPSA) is 81.8 Å². The molecule has 0 radical (unpaired) electrons. The second kappa shape index (κ2) is 8.82. The molecule has 1 aromatic carbocycles. The lowest BCUT2D eigenvalue weighted by Gasteiger charge is -2.37. The van der Waals surface area contributed by atoms with Crippen LogP contribution in [0.5, 0.6) is 0 Å². The summed E-state index contributed by atoms with van der Waals surface area (Å²) in [5.41, 5.74) is 0.486. The van der Waals surface area contributed by atoms with Gasteiger partial charge in [0.15, 0.2) is 0 Å². The Morgan fingerprint density at radius 1 is 1.16 bits per heavy atom. The highest BCUT2D eigenvalue weighted by Gasteiger charge is 2.29. The maximum absolute atomic E-state index is 12.5. The quantitative estimate of drug-likeness (QED) is 0.842. The van der Waals surface area contributed by atoms with Crippen LogP contribution < -0.4 is 10.6 Å². The van der Waals surface area contributed by atoms with Gasteiger partial charge in [-0.1, -0.05) is 23.7 Å². The number of carbonyl (C=O) groups excluding carboxylic acids is 3. The zero-order valence-electron chi connectivity index (χ0n) is 14.4. The van der Waals surface area contributed by atoms with Crippen LogP contribution in [-0.2, 0) is 4.79 Å². The Bertz CT molecular complexity index is 645. The van der Waals surface area contributed by atoms with E-state index in [0.717, 1.165) is 0 Å². The van der Waals surface area contributed by atoms with Crippen LogP contribution in [0, 0.1) is 0 Å². The van der Waals surface area contributed by atoms with Gasteiger partial charge in [0.25, 0.3) is 5.91 Å². The standard InChI is InChI=1S/C17H23ClN4O3/c1-3-19-17(25)20-15(23)12(2)21-8-10-22(11-9-21)16(24)13-6-4-5-7-14(13)18/h4-7,12H,3,8-11H2,1-2H3,(H2,19,20,23,25). The van der Waals surface area contributed by atoms with Gasteiger partial charge < -0.3 is 10.2 Å². The number of imide groups is 1. The number of rotatable bonds is 4. The first-order valence-corrected chi connectivity index (χ1v) is 8.68. The number of urea groups is 1. The fourth-order valence-corrected chi connectivity index (χ4v) is 2.92. The van der Waals surface area contributed by atoms with Crippen molar-refractivity contribution < 1.29 is 14.4 Å². The van der Waals surface area contributed by atoms with Gasteiger partial charge in [0.1, 0.15) is 0 Å². The summed E-state index contributed by atoms with van der Waals surface area (Å²) in [6.07, 6.45) is 0. The van der Waals surface area contributed by atoms with Crippen LogP contribution in [0.2, 0.25) is 5.02 Å². The number of carbonyl (C=O) groups is 3. The largest absolute Gasteiger partial charge is 0.338 e. The van der Waals surface area contributed by atoms with Crippen molar-refractivity contribution in [1.29, 1.82) is 0 Å². The fourth-order valence-electron chi connectivity index (χ4n) is 2.70. The zero-order chi connectivity index (χ0) is 18.4. The predicted octanol–water partition coefficient (Wildman–Crippen LogP) is 1.33. The molecule has 0 aliphatic carbocycles. The molecule has 1 atom stereocenters. The van der Waals surface area contributed by atoms with E-state index >= 15 is 0 Å². The first kappa shape index (κ1) is 19.2. The minimum absolute atomic E-state index is 0.107. The van der Waals surface area contributed by atoms with Crippen LogP contribution in [0.1, 0.15) is 24.2 Å². The van der Waals surface area contributed by atoms with E-state index in [1.54, 1.807) is 43.0 Å². The number of halogens is 1. The average molecular weight is 367 g/mol. The third-order valence-electron chi connectivity index (χ3n) is 4.21. The van der Waals surface area contributed by atoms with E-state index in [1.807, 2.05) is 4.90 Å². The van der Waals surface area contributed by atoms with Crippen LogP contribution in [0.3, 0.4) is 0 Å². The molecule has 1 saturated heterocycles. The lowest BCUT2D eigenvalue weighted by Crippen LogP contribution is -2.56. The molecule has 1 heterocycles. The van der Waals surface area contributed by atoms with Crippen molar-refractivity contribution in [3.05, 3.63) is 34.9 Å². The van der Waals surface area contributed by atoms with Gasteiger partial charge in [-0.2, -0.15) is 0 Å². The Hall–Kier alpha value is -2.12. The van der Waals surface area contributed by atoms with Gasteiger partial charge >= 0.3 is 6.03 Å². The van der Waals surface area contributed by atoms with Gasteiger partial charge in [0.2, 0.25) is 5.91 Å². The average Bonchev–Trinajstić information content (AvgIpc) is 2.61. The summed E-state index contributed by atoms with van der Waals surface area (Å²) in [6.45, 7) is 6.10. The maximum atomic E-state index is 12.5. The summed E-state index contributed by atoms with van der Waals surface area (Å²) in [6, 6.07) is 6.03. The van der Waals surface area contributed by atoms with Gasteiger partial charge in [0, 0.05) is 32.7 Å². The van der Waals surface area contributed by atoms with E-state index < -0.39 is 12.1 Å². The van der Waals surface area contributed by atoms with Crippen molar-refractivity contribution in [2.24, 2.45) is 0 Å². The van der Waals surface area contributed by atoms with E-state index in [-0.39, 0.29) is 11.8 Å². The van der Waals surface area contributed by atoms with Crippen LogP contribution in [0.15, 0.2) is 24.3 Å². The molecule has 136 valence electrons. The normalized spacial score (nSPS) is 16.2. The first-order valence-electron chi connectivity index (χ1n) is 8.30. The van der Waals surface area contributed by atoms with Crippen LogP contribution in [0.4, 0.5) is 4.79 Å². The van der Waals surface area contributed by atoms with E-state index in [0.29, 0.717) is 43.3 Å². The highest BCUT2D eigenvalue weighted by atomic mass is 35.5. The summed E-state index contributed by atoms with van der Waals surface area (Å²) >= 11 is 6.08. The SMILES string of the molecule is CCNC(=O)NC(=O)C(C)N1CCN(C(=O)c2ccccc2Cl)CC1. The van der Waals surface area contributed by atoms with Crippen molar-refractivity contribution in [3.8, 4) is 0 Å². The molecule has 0 bridgehead atoms. The van der Waals surface area contributed by atoms with Gasteiger partial charge in [-0.25, -0.2) is 4.79 Å². The van der Waals surface area contributed by atoms with Gasteiger partial charge in [-0.15, -0.1) is 0 Å². The molecule has 1 aliphatic heterocycles. The summed E-state index contributed by atoms with van der Waals surface area (Å²) < 4.78 is 0. The molecule has 8 heteroatoms. The van der Waals surface area contributed by atoms with Crippen molar-refractivity contribution in [1.82, 2.24) is 20.4 Å². The van der Waals surface area contributed by atoms with E-state index in [4.69, 9.17) is 11.6 Å². The number of nitrogens with zero attached hydrogens (tertiary/aromatic N) is 2. The first-order chi connectivity index (χ1) is 11.9. The lowest BCUT2D eigenvalue weighted by atomic mass is 10.1. The molecule has 0 spiro atoms. The zero-order valence-corrected chi connectivity index (χ0v) is 15.2. The molecule has 25 heavy (non-hydrogen) atoms. The Morgan fingerprint density at radius 2 is 1.80 bits per heavy atom. The van der Waals surface area contributed by atoms with Crippen LogP contribution in [-0.4, -0.2) is 66.4 Å². The van der Waals surface area contributed by atoms with Crippen molar-refractivity contribution >= 4 is 29.4 Å². The highest BCUT2D eigenvalue weighted by molar-refractivity contribution is 6.33. The minimum Gasteiger partial charge on any atom is -0.338 e. The fraction of sp³-hybridized carbons (Fsp3) is 0.471. The van der Waals surface area contributed by atoms with Crippen LogP contribution >= 0.6 is 11.6 Å². The van der Waals surface area contributed by atoms with E-state index in [9.17, 15) is 14.4 Å². The monoisotopic (exact) mass is 366 g/mol. The number of hydrogen-bond acceptors (Lipinski definition) is 4. The van der Waals surface area contributed by atoms with Crippen LogP contribution in [0.25, 0.3) is 0 Å². The number of benzene rings is 1. The third-order valence-corrected chi connectivity index (χ3v) is 4.54. The van der Waals surface area contributed by atoms with Gasteiger partial charge in [0.05, 0.1) is 16.6 Å². The number of nitrogens with one attached hydrogen (secondary N) is 2. The van der Waals surface area contributed by atoms with E-state index in [2.05, 4.69) is 10.6 Å². The molecule has 1 unspecified atom stereocenters. The Morgan fingerprint density at radius 3 is 2.40 bits per heavy atom. The molecular formula is C17H23ClN4O3. The molecule has 4 amide bonds. The van der Waals surface area contributed by atoms with Gasteiger partial charge in [-0.3, -0.25) is 19.8 Å². The van der Waals surface area contributed by atoms with E-state index in [1.165, 1.54) is 0 Å². The number of piperazine rings is 1. The Kier molecular flexibility index (Phi) is 6.78. The third kappa shape index (κ3) is 4.93. The number of amides is 4. The summed E-state index contributed by atoms with van der Waals surface area (Å²) in [4.78, 5) is 39.8. The summed E-state index contributed by atoms with van der Waals surface area (Å²) in [5, 5.41) is 5.28. The Balaban J connectivity index is 1.88. The van der Waals surface area contributed by atoms with Crippen molar-refractivity contribution in [3.63, 3.8) is 0 Å². The molecule has 2 rings (SSSR count). The number of hydrogen-bond donors (Lipinski definition) is 2. The summed E-state index contributed by atoms with van der Waals surface area (Å²) in [5.74, 6) is -0.457. The van der Waals surface area contributed by atoms with Crippen molar-refractivity contribution in [2.45, 2.75) is 19.9 Å². The lowest BCUT2D eigenvalue weighted by molar-refractivity contribution is -0.125. The molecule has 0 aromatic heterocycles. The molecule has 0 saturated carbocycles. The minimum atomic E-state index is -0.494. The second-order valence-electron chi connectivity index (χ2n) is 5.83. The smallest absolute Gasteiger partial charge is 0.321 e. The van der Waals surface area contributed by atoms with Crippen molar-refractivity contribution in [2.75, 3.05) is 32.7 Å². The predicted molar refractivity (Wildman–Crippen MR) is 95.6 cm³/mol. The Labute approximate surface area is 152 Å².